The molecular formula is C32H20N14Pt. The van der Waals surface area contributed by atoms with Gasteiger partial charge in [-0.2, -0.15) is 9.97 Å². The minimum absolute atomic E-state index is 0. The van der Waals surface area contributed by atoms with Crippen molar-refractivity contribution in [2.24, 2.45) is 20.2 Å². The van der Waals surface area contributed by atoms with Gasteiger partial charge in [-0.25, -0.2) is 9.36 Å². The molecule has 14 nitrogen and oxygen atoms in total. The van der Waals surface area contributed by atoms with E-state index in [1.807, 2.05) is 121 Å². The summed E-state index contributed by atoms with van der Waals surface area (Å²) in [4.78, 5) is 19.4. The molecule has 0 aliphatic carbocycles. The van der Waals surface area contributed by atoms with E-state index < -0.39 is 0 Å². The number of para-hydroxylation sites is 4. The van der Waals surface area contributed by atoms with Crippen LogP contribution in [0.5, 0.6) is 0 Å². The van der Waals surface area contributed by atoms with Crippen molar-refractivity contribution in [3.05, 3.63) is 144 Å². The van der Waals surface area contributed by atoms with E-state index in [9.17, 15) is 0 Å². The average molecular weight is 796 g/mol. The van der Waals surface area contributed by atoms with E-state index in [1.54, 1.807) is 19.4 Å². The molecule has 0 unspecified atom stereocenters. The molecule has 0 N–H and O–H groups in total. The Kier molecular flexibility index (Phi) is 6.95. The van der Waals surface area contributed by atoms with Gasteiger partial charge in [0.2, 0.25) is 0 Å². The van der Waals surface area contributed by atoms with E-state index in [0.29, 0.717) is 0 Å². The van der Waals surface area contributed by atoms with Gasteiger partial charge in [-0.05, 0) is 48.5 Å². The molecule has 0 atom stereocenters. The van der Waals surface area contributed by atoms with Gasteiger partial charge in [0.1, 0.15) is 11.7 Å². The molecule has 0 saturated heterocycles. The van der Waals surface area contributed by atoms with Crippen LogP contribution in [0, 0.1) is 0 Å². The molecule has 3 aliphatic heterocycles. The normalized spacial score (nSPS) is 14.6. The van der Waals surface area contributed by atoms with Gasteiger partial charge in [0.25, 0.3) is 0 Å². The Hall–Kier alpha value is -6.27. The second kappa shape index (κ2) is 11.6. The topological polar surface area (TPSA) is 146 Å². The number of aliphatic imine (C=N–C) groups is 2. The van der Waals surface area contributed by atoms with E-state index >= 15 is 0 Å². The van der Waals surface area contributed by atoms with Crippen molar-refractivity contribution >= 4 is 46.9 Å². The SMILES string of the molecule is [Pt+2].c1ccc(N2N=C3[N-]C2=Nc2nc(nn2-c2ccccc2)C2=NN(c4ccccc4)C(=Nc4nc3nn4-c3ccccc3)[N-]2)cc1. The molecule has 0 saturated carbocycles. The van der Waals surface area contributed by atoms with Crippen molar-refractivity contribution in [1.82, 2.24) is 29.5 Å². The van der Waals surface area contributed by atoms with Gasteiger partial charge in [0.15, 0.2) is 23.5 Å². The molecular weight excluding hydrogens is 776 g/mol. The van der Waals surface area contributed by atoms with E-state index in [2.05, 4.69) is 0 Å². The maximum Gasteiger partial charge on any atom is 2.00 e. The minimum Gasteiger partial charge on any atom is -0.317 e. The number of aromatic nitrogens is 6. The molecule has 47 heavy (non-hydrogen) atoms. The zero-order chi connectivity index (χ0) is 30.5. The van der Waals surface area contributed by atoms with Crippen LogP contribution in [0.4, 0.5) is 23.3 Å². The molecule has 0 spiro atoms. The number of guanidine groups is 2. The molecule has 15 heteroatoms. The molecule has 0 radical (unpaired) electrons. The molecule has 9 rings (SSSR count). The summed E-state index contributed by atoms with van der Waals surface area (Å²) < 4.78 is 3.25. The predicted molar refractivity (Wildman–Crippen MR) is 175 cm³/mol. The fourth-order valence-electron chi connectivity index (χ4n) is 5.03. The summed E-state index contributed by atoms with van der Waals surface area (Å²) >= 11 is 0. The molecule has 8 bridgehead atoms. The first-order valence-electron chi connectivity index (χ1n) is 14.3. The monoisotopic (exact) mass is 795 g/mol. The van der Waals surface area contributed by atoms with E-state index in [1.165, 1.54) is 0 Å². The number of hydrazone groups is 2. The number of nitrogens with zero attached hydrogens (tertiary/aromatic N) is 14. The first-order chi connectivity index (χ1) is 22.8. The summed E-state index contributed by atoms with van der Waals surface area (Å²) in [7, 11) is 0. The first kappa shape index (κ1) is 28.2. The summed E-state index contributed by atoms with van der Waals surface area (Å²) in [5, 5.41) is 32.0. The number of amidine groups is 2. The standard InChI is InChI=1S/C32H20N14.Pt/c1-5-13-21(14-6-1)43-29-33-25(39-43)26-34-31(45(40-26)23-17-9-3-10-18-23)38-32-36-28(42-46(32)24-19-11-4-12-20-24)27-35-30(37-29)44(41-27)22-15-7-2-8-16-22;/h1-20H;/q-2;+2. The van der Waals surface area contributed by atoms with Crippen LogP contribution in [0.25, 0.3) is 22.0 Å². The molecule has 3 aliphatic rings. The maximum atomic E-state index is 4.88. The van der Waals surface area contributed by atoms with Crippen LogP contribution in [-0.2, 0) is 21.1 Å². The van der Waals surface area contributed by atoms with Gasteiger partial charge in [-0.15, -0.1) is 10.2 Å². The number of hydrogen-bond donors (Lipinski definition) is 0. The van der Waals surface area contributed by atoms with Crippen molar-refractivity contribution in [2.45, 2.75) is 0 Å². The van der Waals surface area contributed by atoms with Crippen molar-refractivity contribution < 1.29 is 21.1 Å². The smallest absolute Gasteiger partial charge is 0.317 e. The summed E-state index contributed by atoms with van der Waals surface area (Å²) in [5.41, 5.74) is 2.98. The number of rotatable bonds is 4. The number of fused-ring (bicyclic) bond motifs is 10. The average Bonchev–Trinajstić information content (AvgIpc) is 3.92. The van der Waals surface area contributed by atoms with E-state index in [4.69, 9.17) is 51.0 Å². The van der Waals surface area contributed by atoms with Crippen molar-refractivity contribution in [3.63, 3.8) is 0 Å². The second-order valence-corrected chi connectivity index (χ2v) is 10.2. The molecule has 4 aromatic carbocycles. The van der Waals surface area contributed by atoms with Crippen LogP contribution in [-0.4, -0.2) is 53.1 Å². The quantitative estimate of drug-likeness (QED) is 0.226. The van der Waals surface area contributed by atoms with Gasteiger partial charge in [0, 0.05) is 11.4 Å². The van der Waals surface area contributed by atoms with Crippen molar-refractivity contribution in [2.75, 3.05) is 10.0 Å². The molecule has 0 amide bonds. The van der Waals surface area contributed by atoms with Gasteiger partial charge in [0.05, 0.1) is 23.3 Å². The Morgan fingerprint density at radius 3 is 1.13 bits per heavy atom. The number of benzene rings is 4. The Balaban J connectivity index is 0.00000324. The van der Waals surface area contributed by atoms with E-state index in [0.717, 1.165) is 22.7 Å². The molecule has 6 aromatic rings. The maximum absolute atomic E-state index is 4.88. The van der Waals surface area contributed by atoms with Crippen molar-refractivity contribution in [3.8, 4) is 11.4 Å². The number of anilines is 2. The van der Waals surface area contributed by atoms with Gasteiger partial charge < -0.3 is 20.7 Å². The zero-order valence-corrected chi connectivity index (χ0v) is 26.4. The zero-order valence-electron chi connectivity index (χ0n) is 24.1. The fraction of sp³-hybridized carbons (Fsp3) is 0. The van der Waals surface area contributed by atoms with Crippen LogP contribution in [0.1, 0.15) is 11.6 Å². The molecule has 0 fully saturated rings. The van der Waals surface area contributed by atoms with Crippen LogP contribution >= 0.6 is 0 Å². The third kappa shape index (κ3) is 5.06. The van der Waals surface area contributed by atoms with Crippen LogP contribution in [0.3, 0.4) is 0 Å². The third-order valence-corrected chi connectivity index (χ3v) is 7.16. The molecule has 2 aromatic heterocycles. The summed E-state index contributed by atoms with van der Waals surface area (Å²) in [6.07, 6.45) is 0. The van der Waals surface area contributed by atoms with Crippen molar-refractivity contribution in [1.29, 1.82) is 0 Å². The van der Waals surface area contributed by atoms with Gasteiger partial charge in [-0.3, -0.25) is 20.2 Å². The van der Waals surface area contributed by atoms with Crippen LogP contribution in [0.2, 0.25) is 0 Å². The molecule has 228 valence electrons. The Morgan fingerprint density at radius 2 is 0.766 bits per heavy atom. The van der Waals surface area contributed by atoms with Gasteiger partial charge in [-0.1, -0.05) is 72.8 Å². The van der Waals surface area contributed by atoms with Gasteiger partial charge >= 0.3 is 21.1 Å². The van der Waals surface area contributed by atoms with Crippen LogP contribution < -0.4 is 10.0 Å². The number of hydrogen-bond acceptors (Lipinski definition) is 10. The molecule has 5 heterocycles. The summed E-state index contributed by atoms with van der Waals surface area (Å²) in [6, 6.07) is 38.4. The Labute approximate surface area is 281 Å². The minimum atomic E-state index is 0. The predicted octanol–water partition coefficient (Wildman–Crippen LogP) is 5.65. The van der Waals surface area contributed by atoms with E-state index in [-0.39, 0.29) is 68.2 Å². The second-order valence-electron chi connectivity index (χ2n) is 10.2. The Bertz CT molecular complexity index is 2050. The summed E-state index contributed by atoms with van der Waals surface area (Å²) in [5.74, 6) is 2.03. The third-order valence-electron chi connectivity index (χ3n) is 7.16. The Morgan fingerprint density at radius 1 is 0.426 bits per heavy atom. The first-order valence-corrected chi connectivity index (χ1v) is 14.3. The summed E-state index contributed by atoms with van der Waals surface area (Å²) in [6.45, 7) is 0. The largest absolute Gasteiger partial charge is 2.00 e. The van der Waals surface area contributed by atoms with Crippen LogP contribution in [0.15, 0.2) is 142 Å². The fourth-order valence-corrected chi connectivity index (χ4v) is 5.03.